The van der Waals surface area contributed by atoms with Crippen LogP contribution < -0.4 is 4.74 Å². The Labute approximate surface area is 106 Å². The van der Waals surface area contributed by atoms with Gasteiger partial charge < -0.3 is 9.84 Å². The highest BCUT2D eigenvalue weighted by atomic mass is 32.2. The number of thiophene rings is 1. The number of hydrogen-bond donors (Lipinski definition) is 1. The zero-order chi connectivity index (χ0) is 13.5. The average Bonchev–Trinajstić information content (AvgIpc) is 2.70. The monoisotopic (exact) mass is 288 g/mol. The first kappa shape index (κ1) is 12.7. The first-order valence-electron chi connectivity index (χ1n) is 4.62. The number of ether oxygens (including phenoxy) is 1. The zero-order valence-electron chi connectivity index (χ0n) is 9.37. The van der Waals surface area contributed by atoms with Crippen LogP contribution in [-0.2, 0) is 9.84 Å². The number of fused-ring (bicyclic) bond motifs is 1. The number of carboxylic acids is 1. The molecule has 0 aliphatic heterocycles. The van der Waals surface area contributed by atoms with Gasteiger partial charge in [0.25, 0.3) is 5.16 Å². The second kappa shape index (κ2) is 4.18. The molecule has 0 bridgehead atoms. The van der Waals surface area contributed by atoms with E-state index >= 15 is 0 Å². The molecule has 2 rings (SSSR count). The highest BCUT2D eigenvalue weighted by Gasteiger charge is 2.19. The summed E-state index contributed by atoms with van der Waals surface area (Å²) in [7, 11) is -2.26. The average molecular weight is 288 g/mol. The van der Waals surface area contributed by atoms with Crippen LogP contribution in [0.4, 0.5) is 0 Å². The van der Waals surface area contributed by atoms with Gasteiger partial charge in [0.1, 0.15) is 9.71 Å². The Hall–Kier alpha value is -1.74. The molecule has 1 N–H and O–H groups in total. The van der Waals surface area contributed by atoms with E-state index in [1.165, 1.54) is 13.2 Å². The van der Waals surface area contributed by atoms with E-state index in [9.17, 15) is 13.2 Å². The van der Waals surface area contributed by atoms with E-state index < -0.39 is 15.8 Å². The Balaban J connectivity index is 2.80. The van der Waals surface area contributed by atoms with Gasteiger partial charge in [0.15, 0.2) is 0 Å². The van der Waals surface area contributed by atoms with Gasteiger partial charge in [0.05, 0.1) is 12.5 Å². The lowest BCUT2D eigenvalue weighted by Gasteiger charge is -2.02. The third kappa shape index (κ3) is 2.14. The van der Waals surface area contributed by atoms with Crippen LogP contribution in [0.1, 0.15) is 9.67 Å². The molecule has 0 spiro atoms. The molecule has 0 saturated heterocycles. The smallest absolute Gasteiger partial charge is 0.345 e. The van der Waals surface area contributed by atoms with E-state index in [2.05, 4.69) is 9.97 Å². The van der Waals surface area contributed by atoms with E-state index in [-0.39, 0.29) is 20.7 Å². The summed E-state index contributed by atoms with van der Waals surface area (Å²) in [5.41, 5.74) is 0. The number of hydrogen-bond acceptors (Lipinski definition) is 7. The van der Waals surface area contributed by atoms with E-state index in [0.717, 1.165) is 17.6 Å². The van der Waals surface area contributed by atoms with Gasteiger partial charge in [-0.2, -0.15) is 4.98 Å². The van der Waals surface area contributed by atoms with Crippen LogP contribution in [-0.4, -0.2) is 42.8 Å². The van der Waals surface area contributed by atoms with E-state index in [4.69, 9.17) is 9.84 Å². The maximum absolute atomic E-state index is 11.4. The van der Waals surface area contributed by atoms with Gasteiger partial charge in [-0.1, -0.05) is 0 Å². The molecule has 9 heteroatoms. The number of aromatic carboxylic acids is 1. The van der Waals surface area contributed by atoms with Gasteiger partial charge >= 0.3 is 5.97 Å². The lowest BCUT2D eigenvalue weighted by Crippen LogP contribution is -2.04. The number of sulfone groups is 1. The molecule has 2 aromatic heterocycles. The van der Waals surface area contributed by atoms with Crippen molar-refractivity contribution in [3.63, 3.8) is 0 Å². The van der Waals surface area contributed by atoms with Gasteiger partial charge in [0, 0.05) is 6.26 Å². The second-order valence-electron chi connectivity index (χ2n) is 3.42. The number of nitrogens with zero attached hydrogens (tertiary/aromatic N) is 2. The SMILES string of the molecule is COc1nc(S(C)(=O)=O)nc2sc(C(=O)O)cc12. The minimum Gasteiger partial charge on any atom is -0.480 e. The molecule has 0 atom stereocenters. The van der Waals surface area contributed by atoms with Gasteiger partial charge in [-0.05, 0) is 6.07 Å². The predicted octanol–water partition coefficient (Wildman–Crippen LogP) is 0.802. The standard InChI is InChI=1S/C9H8N2O5S2/c1-16-6-4-3-5(8(12)13)17-7(4)11-9(10-6)18(2,14)15/h3H,1-2H3,(H,12,13). The molecule has 0 fully saturated rings. The van der Waals surface area contributed by atoms with Crippen molar-refractivity contribution in [3.05, 3.63) is 10.9 Å². The minimum absolute atomic E-state index is 0.0447. The Bertz CT molecular complexity index is 735. The van der Waals surface area contributed by atoms with Crippen molar-refractivity contribution >= 4 is 37.4 Å². The highest BCUT2D eigenvalue weighted by molar-refractivity contribution is 7.90. The maximum atomic E-state index is 11.4. The minimum atomic E-state index is -3.58. The Morgan fingerprint density at radius 3 is 2.61 bits per heavy atom. The first-order chi connectivity index (χ1) is 8.32. The number of aromatic nitrogens is 2. The normalized spacial score (nSPS) is 11.7. The lowest BCUT2D eigenvalue weighted by atomic mass is 10.3. The van der Waals surface area contributed by atoms with E-state index in [1.807, 2.05) is 0 Å². The van der Waals surface area contributed by atoms with Gasteiger partial charge in [-0.25, -0.2) is 18.2 Å². The van der Waals surface area contributed by atoms with Crippen LogP contribution in [0.25, 0.3) is 10.2 Å². The van der Waals surface area contributed by atoms with Gasteiger partial charge in [-0.3, -0.25) is 0 Å². The van der Waals surface area contributed by atoms with Crippen molar-refractivity contribution < 1.29 is 23.1 Å². The van der Waals surface area contributed by atoms with Crippen molar-refractivity contribution in [3.8, 4) is 5.88 Å². The molecule has 18 heavy (non-hydrogen) atoms. The molecular weight excluding hydrogens is 280 g/mol. The predicted molar refractivity (Wildman–Crippen MR) is 64.0 cm³/mol. The third-order valence-corrected chi connectivity index (χ3v) is 3.94. The second-order valence-corrected chi connectivity index (χ2v) is 6.36. The fraction of sp³-hybridized carbons (Fsp3) is 0.222. The van der Waals surface area contributed by atoms with Crippen LogP contribution in [0.3, 0.4) is 0 Å². The molecule has 0 aliphatic carbocycles. The lowest BCUT2D eigenvalue weighted by molar-refractivity contribution is 0.0702. The summed E-state index contributed by atoms with van der Waals surface area (Å²) in [6, 6.07) is 1.35. The molecule has 0 saturated carbocycles. The van der Waals surface area contributed by atoms with Crippen LogP contribution >= 0.6 is 11.3 Å². The summed E-state index contributed by atoms with van der Waals surface area (Å²) >= 11 is 0.870. The molecule has 2 aromatic rings. The quantitative estimate of drug-likeness (QED) is 0.832. The molecule has 0 aliphatic rings. The van der Waals surface area contributed by atoms with Crippen LogP contribution in [0.2, 0.25) is 0 Å². The maximum Gasteiger partial charge on any atom is 0.345 e. The fourth-order valence-corrected chi connectivity index (χ4v) is 2.73. The molecule has 2 heterocycles. The van der Waals surface area contributed by atoms with Crippen molar-refractivity contribution in [2.24, 2.45) is 0 Å². The first-order valence-corrected chi connectivity index (χ1v) is 7.32. The topological polar surface area (TPSA) is 106 Å². The molecule has 7 nitrogen and oxygen atoms in total. The summed E-state index contributed by atoms with van der Waals surface area (Å²) in [6.45, 7) is 0. The fourth-order valence-electron chi connectivity index (χ4n) is 1.30. The molecule has 0 radical (unpaired) electrons. The van der Waals surface area contributed by atoms with Crippen LogP contribution in [0.5, 0.6) is 5.88 Å². The van der Waals surface area contributed by atoms with Crippen LogP contribution in [0, 0.1) is 0 Å². The molecule has 96 valence electrons. The van der Waals surface area contributed by atoms with E-state index in [0.29, 0.717) is 5.39 Å². The third-order valence-electron chi connectivity index (χ3n) is 2.07. The Morgan fingerprint density at radius 1 is 1.44 bits per heavy atom. The van der Waals surface area contributed by atoms with Crippen molar-refractivity contribution in [1.29, 1.82) is 0 Å². The highest BCUT2D eigenvalue weighted by Crippen LogP contribution is 2.30. The largest absolute Gasteiger partial charge is 0.480 e. The van der Waals surface area contributed by atoms with Gasteiger partial charge in [0.2, 0.25) is 15.7 Å². The summed E-state index contributed by atoms with van der Waals surface area (Å²) in [6.07, 6.45) is 0.972. The van der Waals surface area contributed by atoms with Gasteiger partial charge in [-0.15, -0.1) is 11.3 Å². The molecule has 0 aromatic carbocycles. The zero-order valence-corrected chi connectivity index (χ0v) is 11.0. The summed E-state index contributed by atoms with van der Waals surface area (Å²) in [4.78, 5) is 18.8. The van der Waals surface area contributed by atoms with Crippen molar-refractivity contribution in [2.75, 3.05) is 13.4 Å². The molecule has 0 unspecified atom stereocenters. The number of carboxylic acid groups (broad SMARTS) is 1. The number of carbonyl (C=O) groups is 1. The summed E-state index contributed by atoms with van der Waals surface area (Å²) < 4.78 is 27.7. The Kier molecular flexibility index (Phi) is 2.95. The van der Waals surface area contributed by atoms with Crippen molar-refractivity contribution in [1.82, 2.24) is 9.97 Å². The van der Waals surface area contributed by atoms with Crippen molar-refractivity contribution in [2.45, 2.75) is 5.16 Å². The van der Waals surface area contributed by atoms with Crippen LogP contribution in [0.15, 0.2) is 11.2 Å². The number of rotatable bonds is 3. The molecular formula is C9H8N2O5S2. The summed E-state index contributed by atoms with van der Waals surface area (Å²) in [5, 5.41) is 8.88. The summed E-state index contributed by atoms with van der Waals surface area (Å²) in [5.74, 6) is -1.06. The van der Waals surface area contributed by atoms with E-state index in [1.54, 1.807) is 0 Å². The number of methoxy groups -OCH3 is 1. The Morgan fingerprint density at radius 2 is 2.11 bits per heavy atom. The molecule has 0 amide bonds.